The van der Waals surface area contributed by atoms with Gasteiger partial charge in [0, 0.05) is 11.6 Å². The van der Waals surface area contributed by atoms with Crippen LogP contribution in [0.5, 0.6) is 0 Å². The van der Waals surface area contributed by atoms with Crippen molar-refractivity contribution >= 4 is 35.8 Å². The first-order valence-corrected chi connectivity index (χ1v) is 6.99. The number of hydrogen-bond acceptors (Lipinski definition) is 3. The molecule has 116 valence electrons. The minimum absolute atomic E-state index is 0. The van der Waals surface area contributed by atoms with E-state index in [-0.39, 0.29) is 30.7 Å². The summed E-state index contributed by atoms with van der Waals surface area (Å²) in [5.41, 5.74) is 6.05. The van der Waals surface area contributed by atoms with Crippen molar-refractivity contribution in [3.05, 3.63) is 34.9 Å². The summed E-state index contributed by atoms with van der Waals surface area (Å²) in [6.45, 7) is 1.51. The van der Waals surface area contributed by atoms with Gasteiger partial charge in [0.1, 0.15) is 0 Å². The number of halogens is 2. The Morgan fingerprint density at radius 1 is 1.48 bits per heavy atom. The zero-order valence-electron chi connectivity index (χ0n) is 11.5. The number of amides is 2. The highest BCUT2D eigenvalue weighted by atomic mass is 35.5. The second-order valence-electron chi connectivity index (χ2n) is 4.98. The van der Waals surface area contributed by atoms with Gasteiger partial charge in [0.2, 0.25) is 11.8 Å². The Labute approximate surface area is 135 Å². The number of nitrogens with one attached hydrogen (secondary N) is 2. The Morgan fingerprint density at radius 2 is 2.24 bits per heavy atom. The minimum Gasteiger partial charge on any atom is -0.370 e. The molecule has 0 saturated carbocycles. The SMILES string of the molecule is Cl.NC(=O)C[C@@H](NC(=O)C1CCNC1)c1cccc(Cl)c1. The summed E-state index contributed by atoms with van der Waals surface area (Å²) < 4.78 is 0. The number of nitrogens with two attached hydrogens (primary N) is 1. The molecule has 0 spiro atoms. The monoisotopic (exact) mass is 331 g/mol. The Balaban J connectivity index is 0.00000220. The molecule has 4 N–H and O–H groups in total. The lowest BCUT2D eigenvalue weighted by Gasteiger charge is -2.20. The zero-order chi connectivity index (χ0) is 14.5. The van der Waals surface area contributed by atoms with Crippen molar-refractivity contribution in [3.63, 3.8) is 0 Å². The molecule has 1 fully saturated rings. The molecule has 1 unspecified atom stereocenters. The number of hydrogen-bond donors (Lipinski definition) is 3. The van der Waals surface area contributed by atoms with E-state index >= 15 is 0 Å². The predicted octanol–water partition coefficient (Wildman–Crippen LogP) is 1.40. The lowest BCUT2D eigenvalue weighted by atomic mass is 10.0. The van der Waals surface area contributed by atoms with Crippen molar-refractivity contribution < 1.29 is 9.59 Å². The van der Waals surface area contributed by atoms with Crippen LogP contribution in [0.25, 0.3) is 0 Å². The lowest BCUT2D eigenvalue weighted by molar-refractivity contribution is -0.125. The molecule has 0 bridgehead atoms. The van der Waals surface area contributed by atoms with E-state index in [9.17, 15) is 9.59 Å². The van der Waals surface area contributed by atoms with Crippen LogP contribution in [-0.4, -0.2) is 24.9 Å². The third-order valence-corrected chi connectivity index (χ3v) is 3.64. The molecule has 2 amide bonds. The fourth-order valence-corrected chi connectivity index (χ4v) is 2.54. The largest absolute Gasteiger partial charge is 0.370 e. The van der Waals surface area contributed by atoms with E-state index in [0.29, 0.717) is 11.6 Å². The van der Waals surface area contributed by atoms with Gasteiger partial charge in [-0.25, -0.2) is 0 Å². The maximum atomic E-state index is 12.2. The Morgan fingerprint density at radius 3 is 2.81 bits per heavy atom. The van der Waals surface area contributed by atoms with E-state index in [1.54, 1.807) is 18.2 Å². The quantitative estimate of drug-likeness (QED) is 0.762. The lowest BCUT2D eigenvalue weighted by Crippen LogP contribution is -2.36. The third kappa shape index (κ3) is 5.19. The Hall–Kier alpha value is -1.30. The van der Waals surface area contributed by atoms with Crippen LogP contribution >= 0.6 is 24.0 Å². The molecule has 1 aromatic carbocycles. The average Bonchev–Trinajstić information content (AvgIpc) is 2.91. The molecule has 1 aromatic rings. The molecular weight excluding hydrogens is 313 g/mol. The van der Waals surface area contributed by atoms with Gasteiger partial charge in [-0.2, -0.15) is 0 Å². The van der Waals surface area contributed by atoms with Gasteiger partial charge in [0.25, 0.3) is 0 Å². The Bertz CT molecular complexity index is 505. The molecule has 1 aliphatic rings. The summed E-state index contributed by atoms with van der Waals surface area (Å²) in [5.74, 6) is -0.564. The van der Waals surface area contributed by atoms with Gasteiger partial charge in [0.05, 0.1) is 18.4 Å². The maximum absolute atomic E-state index is 12.2. The Kier molecular flexibility index (Phi) is 6.95. The van der Waals surface area contributed by atoms with Gasteiger partial charge < -0.3 is 16.4 Å². The summed E-state index contributed by atoms with van der Waals surface area (Å²) in [7, 11) is 0. The van der Waals surface area contributed by atoms with Crippen LogP contribution in [0.15, 0.2) is 24.3 Å². The van der Waals surface area contributed by atoms with Crippen LogP contribution in [0.4, 0.5) is 0 Å². The molecule has 2 rings (SSSR count). The van der Waals surface area contributed by atoms with Gasteiger partial charge in [-0.05, 0) is 30.7 Å². The van der Waals surface area contributed by atoms with E-state index < -0.39 is 11.9 Å². The van der Waals surface area contributed by atoms with Gasteiger partial charge in [-0.1, -0.05) is 23.7 Å². The van der Waals surface area contributed by atoms with Crippen molar-refractivity contribution in [2.45, 2.75) is 18.9 Å². The molecule has 1 saturated heterocycles. The van der Waals surface area contributed by atoms with Crippen molar-refractivity contribution in [1.29, 1.82) is 0 Å². The van der Waals surface area contributed by atoms with Gasteiger partial charge >= 0.3 is 0 Å². The van der Waals surface area contributed by atoms with E-state index in [1.165, 1.54) is 0 Å². The molecule has 1 heterocycles. The number of primary amides is 1. The fraction of sp³-hybridized carbons (Fsp3) is 0.429. The topological polar surface area (TPSA) is 84.2 Å². The molecule has 1 aliphatic heterocycles. The normalized spacial score (nSPS) is 18.6. The van der Waals surface area contributed by atoms with Crippen molar-refractivity contribution in [2.75, 3.05) is 13.1 Å². The summed E-state index contributed by atoms with van der Waals surface area (Å²) in [4.78, 5) is 23.4. The number of benzene rings is 1. The summed E-state index contributed by atoms with van der Waals surface area (Å²) in [5, 5.41) is 6.60. The highest BCUT2D eigenvalue weighted by molar-refractivity contribution is 6.30. The number of rotatable bonds is 5. The summed E-state index contributed by atoms with van der Waals surface area (Å²) in [6, 6.07) is 6.67. The smallest absolute Gasteiger partial charge is 0.224 e. The van der Waals surface area contributed by atoms with Crippen LogP contribution in [0.1, 0.15) is 24.4 Å². The van der Waals surface area contributed by atoms with E-state index in [0.717, 1.165) is 18.5 Å². The minimum atomic E-state index is -0.458. The van der Waals surface area contributed by atoms with Gasteiger partial charge in [-0.3, -0.25) is 9.59 Å². The van der Waals surface area contributed by atoms with E-state index in [1.807, 2.05) is 6.07 Å². The number of carbonyl (C=O) groups excluding carboxylic acids is 2. The van der Waals surface area contributed by atoms with Crippen LogP contribution < -0.4 is 16.4 Å². The van der Waals surface area contributed by atoms with Crippen LogP contribution in [0.2, 0.25) is 5.02 Å². The first-order valence-electron chi connectivity index (χ1n) is 6.61. The molecule has 2 atom stereocenters. The fourth-order valence-electron chi connectivity index (χ4n) is 2.34. The van der Waals surface area contributed by atoms with E-state index in [4.69, 9.17) is 17.3 Å². The second kappa shape index (κ2) is 8.22. The van der Waals surface area contributed by atoms with Crippen molar-refractivity contribution in [2.24, 2.45) is 11.7 Å². The van der Waals surface area contributed by atoms with Crippen LogP contribution in [0, 0.1) is 5.92 Å². The number of carbonyl (C=O) groups is 2. The van der Waals surface area contributed by atoms with Crippen LogP contribution in [-0.2, 0) is 9.59 Å². The van der Waals surface area contributed by atoms with Crippen molar-refractivity contribution in [3.8, 4) is 0 Å². The maximum Gasteiger partial charge on any atom is 0.224 e. The molecule has 0 radical (unpaired) electrons. The standard InChI is InChI=1S/C14H18ClN3O2.ClH/c15-11-3-1-2-9(6-11)12(7-13(16)19)18-14(20)10-4-5-17-8-10;/h1-3,6,10,12,17H,4-5,7-8H2,(H2,16,19)(H,18,20);1H/t10?,12-;/m1./s1. The first-order chi connectivity index (χ1) is 9.56. The first kappa shape index (κ1) is 17.8. The second-order valence-corrected chi connectivity index (χ2v) is 5.41. The van der Waals surface area contributed by atoms with Gasteiger partial charge in [-0.15, -0.1) is 12.4 Å². The van der Waals surface area contributed by atoms with Gasteiger partial charge in [0.15, 0.2) is 0 Å². The van der Waals surface area contributed by atoms with E-state index in [2.05, 4.69) is 10.6 Å². The average molecular weight is 332 g/mol. The molecule has 7 heteroatoms. The zero-order valence-corrected chi connectivity index (χ0v) is 13.0. The third-order valence-electron chi connectivity index (χ3n) is 3.40. The molecular formula is C14H19Cl2N3O2. The molecule has 21 heavy (non-hydrogen) atoms. The molecule has 0 aliphatic carbocycles. The predicted molar refractivity (Wildman–Crippen MR) is 84.4 cm³/mol. The summed E-state index contributed by atoms with van der Waals surface area (Å²) >= 11 is 5.95. The highest BCUT2D eigenvalue weighted by Gasteiger charge is 2.25. The molecule has 0 aromatic heterocycles. The highest BCUT2D eigenvalue weighted by Crippen LogP contribution is 2.21. The van der Waals surface area contributed by atoms with Crippen molar-refractivity contribution in [1.82, 2.24) is 10.6 Å². The summed E-state index contributed by atoms with van der Waals surface area (Å²) in [6.07, 6.45) is 0.872. The van der Waals surface area contributed by atoms with Crippen LogP contribution in [0.3, 0.4) is 0 Å². The molecule has 5 nitrogen and oxygen atoms in total.